The number of anilines is 1. The van der Waals surface area contributed by atoms with E-state index < -0.39 is 0 Å². The van der Waals surface area contributed by atoms with E-state index in [9.17, 15) is 9.18 Å². The SMILES string of the molecule is O=C(Nc1ccc(Cl)cc1)[C@H]1CC[C@@H]2C[C@H]1CC[C@@H]2c1ccnc2ccc(F)cc12. The van der Waals surface area contributed by atoms with Gasteiger partial charge >= 0.3 is 0 Å². The highest BCUT2D eigenvalue weighted by Gasteiger charge is 2.42. The van der Waals surface area contributed by atoms with Crippen LogP contribution in [-0.2, 0) is 4.79 Å². The summed E-state index contributed by atoms with van der Waals surface area (Å²) in [4.78, 5) is 17.3. The van der Waals surface area contributed by atoms with Gasteiger partial charge in [-0.25, -0.2) is 4.39 Å². The predicted octanol–water partition coefficient (Wildman–Crippen LogP) is 6.58. The van der Waals surface area contributed by atoms with Gasteiger partial charge < -0.3 is 5.32 Å². The molecule has 2 saturated carbocycles. The van der Waals surface area contributed by atoms with E-state index in [1.807, 2.05) is 18.3 Å². The molecule has 3 nitrogen and oxygen atoms in total. The lowest BCUT2D eigenvalue weighted by molar-refractivity contribution is -0.123. The summed E-state index contributed by atoms with van der Waals surface area (Å²) in [6, 6.07) is 14.2. The van der Waals surface area contributed by atoms with E-state index in [2.05, 4.69) is 16.4 Å². The molecule has 0 radical (unpaired) electrons. The quantitative estimate of drug-likeness (QED) is 0.518. The van der Waals surface area contributed by atoms with E-state index in [0.717, 1.165) is 48.7 Å². The Bertz CT molecular complexity index is 1080. The number of nitrogens with one attached hydrogen (secondary N) is 1. The van der Waals surface area contributed by atoms with Gasteiger partial charge in [0.2, 0.25) is 5.91 Å². The molecular formula is C25H24ClFN2O. The molecular weight excluding hydrogens is 399 g/mol. The minimum Gasteiger partial charge on any atom is -0.326 e. The van der Waals surface area contributed by atoms with Gasteiger partial charge in [0, 0.05) is 28.2 Å². The molecule has 154 valence electrons. The number of halogens is 2. The van der Waals surface area contributed by atoms with Gasteiger partial charge in [0.1, 0.15) is 5.82 Å². The third kappa shape index (κ3) is 3.69. The maximum absolute atomic E-state index is 13.9. The third-order valence-corrected chi connectivity index (χ3v) is 7.28. The Morgan fingerprint density at radius 1 is 1.00 bits per heavy atom. The Balaban J connectivity index is 1.32. The number of aromatic nitrogens is 1. The number of carbonyl (C=O) groups is 1. The van der Waals surface area contributed by atoms with Crippen molar-refractivity contribution >= 4 is 34.1 Å². The molecule has 0 unspecified atom stereocenters. The highest BCUT2D eigenvalue weighted by molar-refractivity contribution is 6.30. The fourth-order valence-corrected chi connectivity index (χ4v) is 5.73. The van der Waals surface area contributed by atoms with Gasteiger partial charge in [0.15, 0.2) is 0 Å². The maximum atomic E-state index is 13.9. The summed E-state index contributed by atoms with van der Waals surface area (Å²) in [6.45, 7) is 0. The van der Waals surface area contributed by atoms with Crippen LogP contribution in [0.5, 0.6) is 0 Å². The largest absolute Gasteiger partial charge is 0.326 e. The molecule has 3 aromatic rings. The molecule has 2 aliphatic rings. The second-order valence-corrected chi connectivity index (χ2v) is 9.12. The number of nitrogens with zero attached hydrogens (tertiary/aromatic N) is 1. The van der Waals surface area contributed by atoms with Crippen LogP contribution < -0.4 is 5.32 Å². The number of hydrogen-bond acceptors (Lipinski definition) is 2. The molecule has 2 fully saturated rings. The lowest BCUT2D eigenvalue weighted by Crippen LogP contribution is -2.39. The molecule has 2 bridgehead atoms. The molecule has 1 amide bonds. The number of hydrogen-bond donors (Lipinski definition) is 1. The third-order valence-electron chi connectivity index (χ3n) is 7.03. The Morgan fingerprint density at radius 2 is 1.80 bits per heavy atom. The van der Waals surface area contributed by atoms with Crippen molar-refractivity contribution in [3.8, 4) is 0 Å². The van der Waals surface area contributed by atoms with Crippen molar-refractivity contribution in [2.45, 2.75) is 38.0 Å². The van der Waals surface area contributed by atoms with Crippen LogP contribution in [0.2, 0.25) is 5.02 Å². The van der Waals surface area contributed by atoms with Crippen molar-refractivity contribution in [2.75, 3.05) is 5.32 Å². The molecule has 4 atom stereocenters. The van der Waals surface area contributed by atoms with E-state index in [0.29, 0.717) is 22.8 Å². The molecule has 30 heavy (non-hydrogen) atoms. The molecule has 5 rings (SSSR count). The molecule has 0 spiro atoms. The van der Waals surface area contributed by atoms with Crippen molar-refractivity contribution in [2.24, 2.45) is 17.8 Å². The van der Waals surface area contributed by atoms with Crippen LogP contribution in [0, 0.1) is 23.6 Å². The number of benzene rings is 2. The van der Waals surface area contributed by atoms with Crippen molar-refractivity contribution in [3.63, 3.8) is 0 Å². The highest BCUT2D eigenvalue weighted by Crippen LogP contribution is 2.51. The average molecular weight is 423 g/mol. The Kier molecular flexibility index (Phi) is 5.20. The molecule has 0 saturated heterocycles. The summed E-state index contributed by atoms with van der Waals surface area (Å²) in [5.74, 6) is 1.33. The van der Waals surface area contributed by atoms with Crippen LogP contribution in [0.15, 0.2) is 54.7 Å². The minimum atomic E-state index is -0.215. The number of amides is 1. The van der Waals surface area contributed by atoms with Crippen LogP contribution in [0.1, 0.15) is 43.6 Å². The first-order valence-corrected chi connectivity index (χ1v) is 11.1. The van der Waals surface area contributed by atoms with Crippen LogP contribution in [0.4, 0.5) is 10.1 Å². The number of carbonyl (C=O) groups excluding carboxylic acids is 1. The smallest absolute Gasteiger partial charge is 0.227 e. The maximum Gasteiger partial charge on any atom is 0.227 e. The standard InChI is InChI=1S/C25H24ClFN2O/c26-17-3-6-19(7-4-17)29-25(30)21-9-2-15-13-16(21)1-8-20(15)22-11-12-28-24-10-5-18(27)14-23(22)24/h3-7,10-12,14-16,20-21H,1-2,8-9,13H2,(H,29,30)/t15-,16-,20+,21+/m1/s1. The second kappa shape index (κ2) is 7.99. The number of rotatable bonds is 3. The number of fused-ring (bicyclic) bond motifs is 3. The van der Waals surface area contributed by atoms with Gasteiger partial charge in [-0.1, -0.05) is 11.6 Å². The van der Waals surface area contributed by atoms with E-state index in [1.165, 1.54) is 11.6 Å². The second-order valence-electron chi connectivity index (χ2n) is 8.68. The Labute approximate surface area is 180 Å². The van der Waals surface area contributed by atoms with E-state index in [-0.39, 0.29) is 17.6 Å². The Morgan fingerprint density at radius 3 is 2.63 bits per heavy atom. The fraction of sp³-hybridized carbons (Fsp3) is 0.360. The zero-order chi connectivity index (χ0) is 20.7. The zero-order valence-electron chi connectivity index (χ0n) is 16.7. The summed E-state index contributed by atoms with van der Waals surface area (Å²) >= 11 is 5.94. The van der Waals surface area contributed by atoms with Gasteiger partial charge in [-0.2, -0.15) is 0 Å². The summed E-state index contributed by atoms with van der Waals surface area (Å²) in [7, 11) is 0. The predicted molar refractivity (Wildman–Crippen MR) is 118 cm³/mol. The lowest BCUT2D eigenvalue weighted by atomic mass is 9.61. The molecule has 1 N–H and O–H groups in total. The topological polar surface area (TPSA) is 42.0 Å². The first-order chi connectivity index (χ1) is 14.6. The normalized spacial score (nSPS) is 25.8. The summed E-state index contributed by atoms with van der Waals surface area (Å²) < 4.78 is 13.9. The molecule has 1 heterocycles. The van der Waals surface area contributed by atoms with Crippen LogP contribution >= 0.6 is 11.6 Å². The molecule has 2 aliphatic carbocycles. The first-order valence-electron chi connectivity index (χ1n) is 10.7. The van der Waals surface area contributed by atoms with Gasteiger partial charge in [0.05, 0.1) is 5.52 Å². The number of pyridine rings is 1. The molecule has 1 aromatic heterocycles. The van der Waals surface area contributed by atoms with Crippen molar-refractivity contribution in [1.82, 2.24) is 4.98 Å². The minimum absolute atomic E-state index is 0.0597. The zero-order valence-corrected chi connectivity index (χ0v) is 17.4. The molecule has 0 aliphatic heterocycles. The van der Waals surface area contributed by atoms with Crippen molar-refractivity contribution in [1.29, 1.82) is 0 Å². The van der Waals surface area contributed by atoms with E-state index >= 15 is 0 Å². The van der Waals surface area contributed by atoms with Gasteiger partial charge in [-0.3, -0.25) is 9.78 Å². The van der Waals surface area contributed by atoms with Crippen molar-refractivity contribution in [3.05, 3.63) is 71.1 Å². The molecule has 2 aromatic carbocycles. The van der Waals surface area contributed by atoms with Gasteiger partial charge in [-0.15, -0.1) is 0 Å². The molecule has 5 heteroatoms. The summed E-state index contributed by atoms with van der Waals surface area (Å²) in [6.07, 6.45) is 6.89. The van der Waals surface area contributed by atoms with Crippen LogP contribution in [0.25, 0.3) is 10.9 Å². The average Bonchev–Trinajstić information content (AvgIpc) is 2.75. The van der Waals surface area contributed by atoms with Crippen molar-refractivity contribution < 1.29 is 9.18 Å². The lowest BCUT2D eigenvalue weighted by Gasteiger charge is -2.44. The van der Waals surface area contributed by atoms with Gasteiger partial charge in [-0.05, 0) is 104 Å². The Hall–Kier alpha value is -2.46. The van der Waals surface area contributed by atoms with E-state index in [4.69, 9.17) is 11.6 Å². The van der Waals surface area contributed by atoms with Gasteiger partial charge in [0.25, 0.3) is 0 Å². The first kappa shape index (κ1) is 19.5. The fourth-order valence-electron chi connectivity index (χ4n) is 5.60. The highest BCUT2D eigenvalue weighted by atomic mass is 35.5. The summed E-state index contributed by atoms with van der Waals surface area (Å²) in [5.41, 5.74) is 2.87. The monoisotopic (exact) mass is 422 g/mol. The van der Waals surface area contributed by atoms with Crippen LogP contribution in [0.3, 0.4) is 0 Å². The van der Waals surface area contributed by atoms with E-state index in [1.54, 1.807) is 24.3 Å². The van der Waals surface area contributed by atoms with Crippen LogP contribution in [-0.4, -0.2) is 10.9 Å². The summed E-state index contributed by atoms with van der Waals surface area (Å²) in [5, 5.41) is 4.66.